The Kier molecular flexibility index (Phi) is 67.9. The average molecular weight is 1560 g/mol. The molecule has 0 saturated carbocycles. The van der Waals surface area contributed by atoms with Crippen LogP contribution in [-0.2, 0) is 96.0 Å². The van der Waals surface area contributed by atoms with Crippen molar-refractivity contribution >= 4 is 110 Å². The first kappa shape index (κ1) is 112. The third kappa shape index (κ3) is 71.6. The van der Waals surface area contributed by atoms with Crippen LogP contribution in [0.5, 0.6) is 0 Å². The number of aliphatic carboxylic acids is 1. The van der Waals surface area contributed by atoms with Crippen LogP contribution in [0, 0.1) is 17.8 Å². The Morgan fingerprint density at radius 1 is 0.423 bits per heavy atom. The Morgan fingerprint density at radius 3 is 1.24 bits per heavy atom. The number of H-pyrrole nitrogens is 1. The van der Waals surface area contributed by atoms with Crippen molar-refractivity contribution in [1.29, 1.82) is 0 Å². The van der Waals surface area contributed by atoms with E-state index in [9.17, 15) is 76.7 Å². The molecular weight excluding hydrogens is 1430 g/mol. The van der Waals surface area contributed by atoms with Gasteiger partial charge in [-0.15, -0.1) is 0 Å². The van der Waals surface area contributed by atoms with Gasteiger partial charge in [0.15, 0.2) is 11.6 Å². The summed E-state index contributed by atoms with van der Waals surface area (Å²) in [5, 5.41) is 14.5. The second kappa shape index (κ2) is 67.2. The van der Waals surface area contributed by atoms with E-state index < -0.39 is 53.9 Å². The molecular formula is C80H134N14O17. The quantitative estimate of drug-likeness (QED) is 0.0273. The van der Waals surface area contributed by atoms with Crippen LogP contribution in [0.3, 0.4) is 0 Å². The summed E-state index contributed by atoms with van der Waals surface area (Å²) in [7, 11) is 0. The molecule has 0 unspecified atom stereocenters. The number of Topliss-reactive ketones (excluding diaryl/α,β-unsaturated/α-hetero) is 10. The van der Waals surface area contributed by atoms with Gasteiger partial charge in [0, 0.05) is 81.2 Å². The number of hydrogen-bond donors (Lipinski definition) is 15. The van der Waals surface area contributed by atoms with Crippen LogP contribution in [0.25, 0.3) is 10.9 Å². The first-order valence-corrected chi connectivity index (χ1v) is 36.7. The van der Waals surface area contributed by atoms with Gasteiger partial charge in [-0.05, 0) is 179 Å². The molecule has 0 fully saturated rings. The number of primary amides is 3. The highest BCUT2D eigenvalue weighted by atomic mass is 16.4. The molecule has 0 radical (unpaired) electrons. The standard InChI is InChI=1S/C12H13NO.C11H22N2O2.C11H15NO.C10H13NO.C9H17N3O3.C6H12N2O2.C6H13NO.C6H10O3.C5H10N2O2.C4H9NO/c1-9(14)6-7-11-8-10-4-2-3-5-12(10)13-11;1-6(2)9(12)11(15)13-10(7(3)4)8(5)14;1-9(13)3-2-4-10-5-7-11(12)8-6-10;1-8(12)10(11)7-9-5-3-2-4-6-9;1-6(13)7(2-3-8(11)14)12-9(15)4-5-10;1-4(9)5(7)2-3-6(8)10;1-4(2)6(7)5(3)8;1-5(7)3-2-4-6(8)9;1-3(8)4(6)2-5(7)9;1-4(6)2-3-5/h2-5,8,13H,6-7H2,1H3;6-7,9-10H,12H2,1-5H3,(H,13,15);5-8H,2-4,12H2,1H3;2-6,10H,7,11H2,1H3;7H,2-5,10H2,1H3,(H2,11,14)(H,12,15);5H,2-3,7H2,1H3,(H2,8,10);4,6H,7H2,1-3H3;2-4H2,1H3,(H,8,9);4H,2,6H2,1H3,(H2,7,9);2-3,5H2,1H3/t;9-,10-;;10-;7-;5-;6-;;4-;/m.0.0000.0./s1. The molecule has 0 aliphatic heterocycles. The summed E-state index contributed by atoms with van der Waals surface area (Å²) in [5.74, 6) is -2.12. The van der Waals surface area contributed by atoms with Crippen molar-refractivity contribution < 1.29 is 81.8 Å². The molecule has 5 amide bonds. The molecule has 626 valence electrons. The van der Waals surface area contributed by atoms with E-state index in [-0.39, 0.29) is 145 Å². The Bertz CT molecular complexity index is 3390. The second-order valence-electron chi connectivity index (χ2n) is 27.4. The van der Waals surface area contributed by atoms with Crippen molar-refractivity contribution in [3.05, 3.63) is 102 Å². The maximum absolute atomic E-state index is 11.6. The van der Waals surface area contributed by atoms with Gasteiger partial charge in [-0.2, -0.15) is 0 Å². The lowest BCUT2D eigenvalue weighted by Gasteiger charge is -2.23. The minimum atomic E-state index is -0.837. The second-order valence-corrected chi connectivity index (χ2v) is 27.4. The van der Waals surface area contributed by atoms with Gasteiger partial charge in [0.25, 0.3) is 0 Å². The van der Waals surface area contributed by atoms with Gasteiger partial charge in [0.2, 0.25) is 29.5 Å². The number of para-hydroxylation sites is 1. The van der Waals surface area contributed by atoms with Crippen LogP contribution in [0.1, 0.15) is 211 Å². The fourth-order valence-electron chi connectivity index (χ4n) is 8.19. The summed E-state index contributed by atoms with van der Waals surface area (Å²) in [6.07, 6.45) is 7.03. The van der Waals surface area contributed by atoms with Crippen LogP contribution in [0.15, 0.2) is 84.9 Å². The topological polar surface area (TPSA) is 619 Å². The Labute approximate surface area is 656 Å². The molecule has 0 aliphatic carbocycles. The van der Waals surface area contributed by atoms with E-state index in [4.69, 9.17) is 68.2 Å². The number of anilines is 1. The van der Waals surface area contributed by atoms with Gasteiger partial charge in [0.05, 0.1) is 42.3 Å². The third-order valence-corrected chi connectivity index (χ3v) is 15.2. The van der Waals surface area contributed by atoms with Crippen molar-refractivity contribution in [2.24, 2.45) is 75.1 Å². The number of aromatic amines is 1. The zero-order chi connectivity index (χ0) is 87.2. The van der Waals surface area contributed by atoms with E-state index >= 15 is 0 Å². The van der Waals surface area contributed by atoms with Gasteiger partial charge in [0.1, 0.15) is 46.3 Å². The molecule has 3 aromatic carbocycles. The molecule has 111 heavy (non-hydrogen) atoms. The number of carboxylic acids is 1. The van der Waals surface area contributed by atoms with Crippen LogP contribution in [0.2, 0.25) is 0 Å². The minimum Gasteiger partial charge on any atom is -0.481 e. The number of benzene rings is 3. The first-order valence-electron chi connectivity index (χ1n) is 36.7. The Balaban J connectivity index is -0.000000279. The van der Waals surface area contributed by atoms with Gasteiger partial charge in [-0.25, -0.2) is 0 Å². The zero-order valence-corrected chi connectivity index (χ0v) is 68.4. The number of aryl methyl sites for hydroxylation is 2. The van der Waals surface area contributed by atoms with Crippen LogP contribution < -0.4 is 73.7 Å². The number of carbonyl (C=O) groups is 16. The van der Waals surface area contributed by atoms with Crippen LogP contribution in [0.4, 0.5) is 5.69 Å². The average Bonchev–Trinajstić information content (AvgIpc) is 1.71. The summed E-state index contributed by atoms with van der Waals surface area (Å²) in [6.45, 7) is 27.0. The lowest BCUT2D eigenvalue weighted by atomic mass is 9.98. The zero-order valence-electron chi connectivity index (χ0n) is 68.4. The predicted molar refractivity (Wildman–Crippen MR) is 435 cm³/mol. The number of fused-ring (bicyclic) bond motifs is 1. The van der Waals surface area contributed by atoms with Crippen LogP contribution >= 0.6 is 0 Å². The van der Waals surface area contributed by atoms with E-state index in [1.54, 1.807) is 13.8 Å². The van der Waals surface area contributed by atoms with Gasteiger partial charge < -0.3 is 98.2 Å². The Morgan fingerprint density at radius 2 is 0.883 bits per heavy atom. The Hall–Kier alpha value is -9.76. The molecule has 4 rings (SSSR count). The molecule has 4 aromatic rings. The number of nitrogen functional groups attached to an aromatic ring is 1. The highest BCUT2D eigenvalue weighted by Crippen LogP contribution is 2.16. The number of carbonyl (C=O) groups excluding carboxylic acids is 15. The van der Waals surface area contributed by atoms with E-state index in [1.807, 2.05) is 114 Å². The van der Waals surface area contributed by atoms with Crippen LogP contribution in [-0.4, -0.2) is 159 Å². The third-order valence-electron chi connectivity index (χ3n) is 15.2. The number of carboxylic acid groups (broad SMARTS) is 1. The molecule has 31 nitrogen and oxygen atoms in total. The van der Waals surface area contributed by atoms with Crippen molar-refractivity contribution in [2.45, 2.75) is 256 Å². The largest absolute Gasteiger partial charge is 0.481 e. The fraction of sp³-hybridized carbons (Fsp3) is 0.550. The van der Waals surface area contributed by atoms with E-state index in [0.29, 0.717) is 51.5 Å². The predicted octanol–water partition coefficient (Wildman–Crippen LogP) is 4.65. The maximum atomic E-state index is 11.6. The molecule has 1 heterocycles. The van der Waals surface area contributed by atoms with Crippen molar-refractivity contribution in [3.8, 4) is 0 Å². The maximum Gasteiger partial charge on any atom is 0.303 e. The monoisotopic (exact) mass is 1560 g/mol. The first-order chi connectivity index (χ1) is 51.4. The summed E-state index contributed by atoms with van der Waals surface area (Å²) >= 11 is 0. The fourth-order valence-corrected chi connectivity index (χ4v) is 8.19. The number of hydrogen-bond acceptors (Lipinski definition) is 24. The molecule has 0 bridgehead atoms. The molecule has 0 aliphatic rings. The smallest absolute Gasteiger partial charge is 0.303 e. The van der Waals surface area contributed by atoms with Crippen molar-refractivity contribution in [3.63, 3.8) is 0 Å². The number of amides is 5. The van der Waals surface area contributed by atoms with Crippen molar-refractivity contribution in [1.82, 2.24) is 15.6 Å². The number of ketones is 10. The number of nitrogens with one attached hydrogen (secondary N) is 3. The molecule has 26 N–H and O–H groups in total. The van der Waals surface area contributed by atoms with E-state index in [2.05, 4.69) is 27.8 Å². The molecule has 0 saturated heterocycles. The van der Waals surface area contributed by atoms with E-state index in [1.165, 1.54) is 66.3 Å². The normalized spacial score (nSPS) is 11.9. The van der Waals surface area contributed by atoms with Crippen molar-refractivity contribution in [2.75, 3.05) is 18.8 Å². The highest BCUT2D eigenvalue weighted by Gasteiger charge is 2.25. The van der Waals surface area contributed by atoms with Gasteiger partial charge >= 0.3 is 5.97 Å². The number of rotatable bonds is 37. The minimum absolute atomic E-state index is 0.0330. The van der Waals surface area contributed by atoms with Gasteiger partial charge in [-0.1, -0.05) is 102 Å². The SMILES string of the molecule is CC(=O)CCCC(=O)O.CC(=O)CCCc1ccc(N)cc1.CC(=O)CCN.CC(=O)CCc1cc2ccccc2[nH]1.CC(=O)[C@@H](N)C(C)C.CC(=O)[C@@H](N)CC(N)=O.CC(=O)[C@@H](N)CCC(N)=O.CC(=O)[C@@H](N)Cc1ccccc1.CC(=O)[C@@H](NC(=O)[C@@H](N)C(C)C)C(C)C.CC(=O)[C@H](CCC(N)=O)NC(=O)CCN. The lowest BCUT2D eigenvalue weighted by Crippen LogP contribution is -2.51. The summed E-state index contributed by atoms with van der Waals surface area (Å²) in [6, 6.07) is 24.4. The van der Waals surface area contributed by atoms with Gasteiger partial charge in [-0.3, -0.25) is 62.3 Å². The molecule has 7 atom stereocenters. The molecule has 31 heteroatoms. The number of aromatic nitrogens is 1. The van der Waals surface area contributed by atoms with E-state index in [0.717, 1.165) is 41.7 Å². The summed E-state index contributed by atoms with van der Waals surface area (Å²) < 4.78 is 0. The molecule has 0 spiro atoms. The summed E-state index contributed by atoms with van der Waals surface area (Å²) in [4.78, 5) is 173. The summed E-state index contributed by atoms with van der Waals surface area (Å²) in [5.41, 5.74) is 62.9. The molecule has 1 aromatic heterocycles. The lowest BCUT2D eigenvalue weighted by molar-refractivity contribution is -0.137. The highest BCUT2D eigenvalue weighted by molar-refractivity contribution is 5.91. The number of nitrogens with two attached hydrogens (primary N) is 11.